The molecule has 0 bridgehead atoms. The van der Waals surface area contributed by atoms with Crippen molar-refractivity contribution in [2.75, 3.05) is 13.7 Å². The molecule has 0 aromatic heterocycles. The number of carboxylic acids is 1. The summed E-state index contributed by atoms with van der Waals surface area (Å²) in [6.45, 7) is 0.123. The van der Waals surface area contributed by atoms with Gasteiger partial charge in [0.15, 0.2) is 0 Å². The summed E-state index contributed by atoms with van der Waals surface area (Å²) in [6, 6.07) is 6.76. The molecule has 1 fully saturated rings. The zero-order chi connectivity index (χ0) is 13.0. The Labute approximate surface area is 106 Å². The van der Waals surface area contributed by atoms with E-state index in [0.717, 1.165) is 18.6 Å². The fourth-order valence-corrected chi connectivity index (χ4v) is 1.58. The first-order chi connectivity index (χ1) is 8.69. The van der Waals surface area contributed by atoms with Gasteiger partial charge in [-0.2, -0.15) is 0 Å². The summed E-state index contributed by atoms with van der Waals surface area (Å²) in [5, 5.41) is 12.1. The van der Waals surface area contributed by atoms with Crippen LogP contribution in [0.15, 0.2) is 24.3 Å². The molecule has 0 radical (unpaired) electrons. The van der Waals surface area contributed by atoms with Gasteiger partial charge < -0.3 is 14.6 Å². The van der Waals surface area contributed by atoms with Crippen LogP contribution in [0.3, 0.4) is 0 Å². The van der Waals surface area contributed by atoms with Gasteiger partial charge in [-0.25, -0.2) is 0 Å². The standard InChI is InChI=1S/C13H17NO4/c1-17-10-4-6-11(7-5-10)18-8-12(13(15)16)14-9-2-3-9/h4-7,9,12,14H,2-3,8H2,1H3,(H,15,16). The smallest absolute Gasteiger partial charge is 0.324 e. The summed E-state index contributed by atoms with van der Waals surface area (Å²) in [6.07, 6.45) is 2.10. The highest BCUT2D eigenvalue weighted by atomic mass is 16.5. The lowest BCUT2D eigenvalue weighted by Gasteiger charge is -2.15. The highest BCUT2D eigenvalue weighted by Gasteiger charge is 2.28. The van der Waals surface area contributed by atoms with Gasteiger partial charge >= 0.3 is 5.97 Å². The van der Waals surface area contributed by atoms with E-state index in [4.69, 9.17) is 14.6 Å². The molecule has 5 heteroatoms. The lowest BCUT2D eigenvalue weighted by atomic mass is 10.3. The number of ether oxygens (including phenoxy) is 2. The van der Waals surface area contributed by atoms with Crippen LogP contribution in [0.2, 0.25) is 0 Å². The van der Waals surface area contributed by atoms with Crippen LogP contribution in [0.5, 0.6) is 11.5 Å². The topological polar surface area (TPSA) is 67.8 Å². The van der Waals surface area contributed by atoms with Gasteiger partial charge in [0.2, 0.25) is 0 Å². The minimum atomic E-state index is -0.879. The van der Waals surface area contributed by atoms with E-state index in [1.165, 1.54) is 0 Å². The number of benzene rings is 1. The van der Waals surface area contributed by atoms with Crippen molar-refractivity contribution in [1.82, 2.24) is 5.32 Å². The number of nitrogens with one attached hydrogen (secondary N) is 1. The normalized spacial score (nSPS) is 16.1. The van der Waals surface area contributed by atoms with E-state index in [-0.39, 0.29) is 6.61 Å². The van der Waals surface area contributed by atoms with Crippen LogP contribution in [0.25, 0.3) is 0 Å². The van der Waals surface area contributed by atoms with E-state index < -0.39 is 12.0 Å². The number of hydrogen-bond donors (Lipinski definition) is 2. The Morgan fingerprint density at radius 2 is 2.00 bits per heavy atom. The average molecular weight is 251 g/mol. The van der Waals surface area contributed by atoms with Crippen LogP contribution in [-0.2, 0) is 4.79 Å². The van der Waals surface area contributed by atoms with Gasteiger partial charge in [0.1, 0.15) is 24.1 Å². The Balaban J connectivity index is 1.85. The zero-order valence-electron chi connectivity index (χ0n) is 10.3. The van der Waals surface area contributed by atoms with E-state index in [1.807, 2.05) is 0 Å². The number of carbonyl (C=O) groups is 1. The van der Waals surface area contributed by atoms with Crippen LogP contribution in [0.1, 0.15) is 12.8 Å². The maximum atomic E-state index is 11.0. The molecule has 98 valence electrons. The Kier molecular flexibility index (Phi) is 4.04. The Morgan fingerprint density at radius 1 is 1.39 bits per heavy atom. The molecule has 18 heavy (non-hydrogen) atoms. The lowest BCUT2D eigenvalue weighted by molar-refractivity contribution is -0.140. The molecule has 1 aliphatic carbocycles. The van der Waals surface area contributed by atoms with Crippen LogP contribution in [0.4, 0.5) is 0 Å². The molecule has 1 aromatic carbocycles. The molecular weight excluding hydrogens is 234 g/mol. The molecule has 1 saturated carbocycles. The maximum absolute atomic E-state index is 11.0. The largest absolute Gasteiger partial charge is 0.497 e. The first-order valence-corrected chi connectivity index (χ1v) is 5.95. The van der Waals surface area contributed by atoms with Gasteiger partial charge in [-0.3, -0.25) is 10.1 Å². The molecule has 1 aliphatic rings. The van der Waals surface area contributed by atoms with E-state index >= 15 is 0 Å². The Hall–Kier alpha value is -1.75. The molecule has 0 aliphatic heterocycles. The van der Waals surface area contributed by atoms with Crippen molar-refractivity contribution in [2.45, 2.75) is 24.9 Å². The fraction of sp³-hybridized carbons (Fsp3) is 0.462. The molecule has 0 heterocycles. The first-order valence-electron chi connectivity index (χ1n) is 5.95. The summed E-state index contributed by atoms with van der Waals surface area (Å²) >= 11 is 0. The average Bonchev–Trinajstić information content (AvgIpc) is 3.18. The van der Waals surface area contributed by atoms with Crippen LogP contribution < -0.4 is 14.8 Å². The highest BCUT2D eigenvalue weighted by molar-refractivity contribution is 5.73. The van der Waals surface area contributed by atoms with Gasteiger partial charge in [0, 0.05) is 6.04 Å². The fourth-order valence-electron chi connectivity index (χ4n) is 1.58. The van der Waals surface area contributed by atoms with Gasteiger partial charge in [0.25, 0.3) is 0 Å². The second kappa shape index (κ2) is 5.73. The summed E-state index contributed by atoms with van der Waals surface area (Å²) < 4.78 is 10.5. The van der Waals surface area contributed by atoms with Gasteiger partial charge in [-0.05, 0) is 37.1 Å². The SMILES string of the molecule is COc1ccc(OCC(NC2CC2)C(=O)O)cc1. The predicted molar refractivity (Wildman–Crippen MR) is 66.1 cm³/mol. The quantitative estimate of drug-likeness (QED) is 0.764. The molecule has 1 unspecified atom stereocenters. The summed E-state index contributed by atoms with van der Waals surface area (Å²) in [5.41, 5.74) is 0. The van der Waals surface area contributed by atoms with E-state index in [2.05, 4.69) is 5.32 Å². The molecule has 0 amide bonds. The summed E-state index contributed by atoms with van der Waals surface area (Å²) in [5.74, 6) is 0.503. The molecular formula is C13H17NO4. The summed E-state index contributed by atoms with van der Waals surface area (Å²) in [4.78, 5) is 11.0. The van der Waals surface area contributed by atoms with E-state index in [1.54, 1.807) is 31.4 Å². The monoisotopic (exact) mass is 251 g/mol. The number of aliphatic carboxylic acids is 1. The molecule has 1 atom stereocenters. The highest BCUT2D eigenvalue weighted by Crippen LogP contribution is 2.20. The molecule has 0 spiro atoms. The maximum Gasteiger partial charge on any atom is 0.324 e. The number of carboxylic acid groups (broad SMARTS) is 1. The van der Waals surface area contributed by atoms with E-state index in [0.29, 0.717) is 11.8 Å². The van der Waals surface area contributed by atoms with Crippen LogP contribution >= 0.6 is 0 Å². The van der Waals surface area contributed by atoms with Crippen LogP contribution in [0, 0.1) is 0 Å². The minimum Gasteiger partial charge on any atom is -0.497 e. The third-order valence-corrected chi connectivity index (χ3v) is 2.79. The molecule has 1 aromatic rings. The van der Waals surface area contributed by atoms with Crippen LogP contribution in [-0.4, -0.2) is 36.9 Å². The summed E-state index contributed by atoms with van der Waals surface area (Å²) in [7, 11) is 1.59. The second-order valence-electron chi connectivity index (χ2n) is 4.32. The van der Waals surface area contributed by atoms with Crippen molar-refractivity contribution in [3.8, 4) is 11.5 Å². The number of methoxy groups -OCH3 is 1. The molecule has 2 N–H and O–H groups in total. The van der Waals surface area contributed by atoms with Gasteiger partial charge in [-0.15, -0.1) is 0 Å². The van der Waals surface area contributed by atoms with Gasteiger partial charge in [0.05, 0.1) is 7.11 Å². The Bertz CT molecular complexity index is 400. The second-order valence-corrected chi connectivity index (χ2v) is 4.32. The van der Waals surface area contributed by atoms with Gasteiger partial charge in [-0.1, -0.05) is 0 Å². The lowest BCUT2D eigenvalue weighted by Crippen LogP contribution is -2.42. The number of rotatable bonds is 7. The van der Waals surface area contributed by atoms with E-state index in [9.17, 15) is 4.79 Å². The Morgan fingerprint density at radius 3 is 2.50 bits per heavy atom. The van der Waals surface area contributed by atoms with Crippen molar-refractivity contribution < 1.29 is 19.4 Å². The predicted octanol–water partition coefficient (Wildman–Crippen LogP) is 1.28. The molecule has 0 saturated heterocycles. The minimum absolute atomic E-state index is 0.123. The van der Waals surface area contributed by atoms with Crippen molar-refractivity contribution >= 4 is 5.97 Å². The van der Waals surface area contributed by atoms with Crippen molar-refractivity contribution in [2.24, 2.45) is 0 Å². The third kappa shape index (κ3) is 3.63. The molecule has 2 rings (SSSR count). The number of hydrogen-bond acceptors (Lipinski definition) is 4. The first kappa shape index (κ1) is 12.7. The van der Waals surface area contributed by atoms with Crippen molar-refractivity contribution in [3.05, 3.63) is 24.3 Å². The molecule has 5 nitrogen and oxygen atoms in total. The zero-order valence-corrected chi connectivity index (χ0v) is 10.3. The van der Waals surface area contributed by atoms with Crippen molar-refractivity contribution in [3.63, 3.8) is 0 Å². The third-order valence-electron chi connectivity index (χ3n) is 2.79. The van der Waals surface area contributed by atoms with Crippen molar-refractivity contribution in [1.29, 1.82) is 0 Å².